The van der Waals surface area contributed by atoms with E-state index in [1.165, 1.54) is 17.3 Å². The van der Waals surface area contributed by atoms with Gasteiger partial charge in [0.2, 0.25) is 5.91 Å². The van der Waals surface area contributed by atoms with Crippen LogP contribution in [0.4, 0.5) is 0 Å². The summed E-state index contributed by atoms with van der Waals surface area (Å²) in [6.45, 7) is 2.48. The van der Waals surface area contributed by atoms with E-state index in [9.17, 15) is 4.79 Å². The van der Waals surface area contributed by atoms with Crippen molar-refractivity contribution in [2.24, 2.45) is 0 Å². The monoisotopic (exact) mass is 344 g/mol. The predicted molar refractivity (Wildman–Crippen MR) is 93.6 cm³/mol. The van der Waals surface area contributed by atoms with Crippen LogP contribution in [-0.2, 0) is 11.3 Å². The molecule has 0 aliphatic carbocycles. The Hall–Kier alpha value is -2.05. The molecular weight excluding hydrogens is 328 g/mol. The Morgan fingerprint density at radius 2 is 2.13 bits per heavy atom. The first-order valence-electron chi connectivity index (χ1n) is 7.15. The van der Waals surface area contributed by atoms with Gasteiger partial charge in [0.25, 0.3) is 0 Å². The second-order valence-corrected chi connectivity index (χ2v) is 7.09. The number of nitrogens with one attached hydrogen (secondary N) is 1. The Balaban J connectivity index is 1.50. The Morgan fingerprint density at radius 3 is 2.87 bits per heavy atom. The van der Waals surface area contributed by atoms with Gasteiger partial charge in [-0.2, -0.15) is 0 Å². The number of aromatic nitrogens is 1. The maximum Gasteiger partial charge on any atom is 0.230 e. The zero-order chi connectivity index (χ0) is 16.1. The lowest BCUT2D eigenvalue weighted by atomic mass is 10.1. The topological polar surface area (TPSA) is 55.1 Å². The van der Waals surface area contributed by atoms with E-state index in [-0.39, 0.29) is 5.91 Å². The van der Waals surface area contributed by atoms with Gasteiger partial charge in [-0.15, -0.1) is 11.3 Å². The van der Waals surface area contributed by atoms with Crippen LogP contribution in [0.1, 0.15) is 11.3 Å². The molecule has 0 unspecified atom stereocenters. The van der Waals surface area contributed by atoms with Crippen molar-refractivity contribution >= 4 is 29.0 Å². The minimum absolute atomic E-state index is 0.0292. The normalized spacial score (nSPS) is 10.7. The first-order valence-corrected chi connectivity index (χ1v) is 9.02. The molecule has 0 bridgehead atoms. The van der Waals surface area contributed by atoms with Crippen LogP contribution < -0.4 is 5.32 Å². The summed E-state index contributed by atoms with van der Waals surface area (Å²) in [5.74, 6) is 1.07. The van der Waals surface area contributed by atoms with E-state index >= 15 is 0 Å². The van der Waals surface area contributed by atoms with E-state index in [1.807, 2.05) is 11.4 Å². The van der Waals surface area contributed by atoms with Gasteiger partial charge in [0.15, 0.2) is 4.34 Å². The lowest BCUT2D eigenvalue weighted by molar-refractivity contribution is -0.118. The molecule has 0 radical (unpaired) electrons. The predicted octanol–water partition coefficient (Wildman–Crippen LogP) is 4.12. The molecule has 1 amide bonds. The van der Waals surface area contributed by atoms with Gasteiger partial charge in [-0.3, -0.25) is 4.79 Å². The molecule has 0 saturated heterocycles. The van der Waals surface area contributed by atoms with Crippen LogP contribution in [0.15, 0.2) is 56.8 Å². The smallest absolute Gasteiger partial charge is 0.230 e. The summed E-state index contributed by atoms with van der Waals surface area (Å²) in [7, 11) is 0. The molecule has 0 aliphatic rings. The van der Waals surface area contributed by atoms with Crippen LogP contribution in [0.3, 0.4) is 0 Å². The van der Waals surface area contributed by atoms with E-state index in [1.54, 1.807) is 23.7 Å². The third-order valence-electron chi connectivity index (χ3n) is 3.20. The van der Waals surface area contributed by atoms with Crippen molar-refractivity contribution in [2.75, 3.05) is 5.75 Å². The molecular formula is C17H16N2O2S2. The number of thiazole rings is 1. The molecule has 0 atom stereocenters. The van der Waals surface area contributed by atoms with Crippen molar-refractivity contribution in [1.82, 2.24) is 10.3 Å². The first-order chi connectivity index (χ1) is 11.2. The number of amides is 1. The lowest BCUT2D eigenvalue weighted by Crippen LogP contribution is -2.24. The molecule has 0 spiro atoms. The quantitative estimate of drug-likeness (QED) is 0.684. The Kier molecular flexibility index (Phi) is 5.15. The van der Waals surface area contributed by atoms with Crippen LogP contribution in [0.2, 0.25) is 0 Å². The molecule has 0 saturated carbocycles. The van der Waals surface area contributed by atoms with Crippen LogP contribution in [0, 0.1) is 6.92 Å². The fourth-order valence-corrected chi connectivity index (χ4v) is 3.62. The average Bonchev–Trinajstić information content (AvgIpc) is 3.23. The number of aryl methyl sites for hydroxylation is 1. The van der Waals surface area contributed by atoms with Gasteiger partial charge in [-0.05, 0) is 19.1 Å². The van der Waals surface area contributed by atoms with Crippen molar-refractivity contribution in [1.29, 1.82) is 0 Å². The van der Waals surface area contributed by atoms with E-state index in [0.29, 0.717) is 12.3 Å². The van der Waals surface area contributed by atoms with Crippen molar-refractivity contribution < 1.29 is 9.21 Å². The summed E-state index contributed by atoms with van der Waals surface area (Å²) in [5.41, 5.74) is 3.28. The summed E-state index contributed by atoms with van der Waals surface area (Å²) < 4.78 is 6.07. The van der Waals surface area contributed by atoms with Crippen molar-refractivity contribution in [3.63, 3.8) is 0 Å². The number of nitrogens with zero attached hydrogens (tertiary/aromatic N) is 1. The fourth-order valence-electron chi connectivity index (χ4n) is 1.96. The third kappa shape index (κ3) is 4.46. The molecule has 2 heterocycles. The van der Waals surface area contributed by atoms with Gasteiger partial charge < -0.3 is 9.73 Å². The fraction of sp³-hybridized carbons (Fsp3) is 0.176. The van der Waals surface area contributed by atoms with Crippen LogP contribution >= 0.6 is 23.1 Å². The summed E-state index contributed by atoms with van der Waals surface area (Å²) in [5, 5.41) is 4.84. The SMILES string of the molecule is Cc1ccc(-c2csc(SCC(=O)NCc3ccco3)n2)cc1. The summed E-state index contributed by atoms with van der Waals surface area (Å²) in [4.78, 5) is 16.4. The maximum absolute atomic E-state index is 11.8. The molecule has 4 nitrogen and oxygen atoms in total. The molecule has 2 aromatic heterocycles. The number of thioether (sulfide) groups is 1. The molecule has 3 rings (SSSR count). The third-order valence-corrected chi connectivity index (χ3v) is 5.22. The molecule has 3 aromatic rings. The highest BCUT2D eigenvalue weighted by Crippen LogP contribution is 2.28. The second kappa shape index (κ2) is 7.48. The highest BCUT2D eigenvalue weighted by atomic mass is 32.2. The van der Waals surface area contributed by atoms with E-state index < -0.39 is 0 Å². The Bertz CT molecular complexity index is 764. The van der Waals surface area contributed by atoms with E-state index in [2.05, 4.69) is 41.5 Å². The van der Waals surface area contributed by atoms with Crippen molar-refractivity contribution in [2.45, 2.75) is 17.8 Å². The summed E-state index contributed by atoms with van der Waals surface area (Å²) in [6, 6.07) is 11.9. The number of rotatable bonds is 6. The van der Waals surface area contributed by atoms with Gasteiger partial charge in [0, 0.05) is 10.9 Å². The van der Waals surface area contributed by atoms with Gasteiger partial charge in [-0.25, -0.2) is 4.98 Å². The molecule has 23 heavy (non-hydrogen) atoms. The lowest BCUT2D eigenvalue weighted by Gasteiger charge is -2.01. The zero-order valence-corrected chi connectivity index (χ0v) is 14.2. The number of furan rings is 1. The molecule has 1 aromatic carbocycles. The van der Waals surface area contributed by atoms with Crippen LogP contribution in [-0.4, -0.2) is 16.6 Å². The molecule has 6 heteroatoms. The number of benzene rings is 1. The highest BCUT2D eigenvalue weighted by molar-refractivity contribution is 8.01. The van der Waals surface area contributed by atoms with Gasteiger partial charge >= 0.3 is 0 Å². The Labute approximate surface area is 142 Å². The van der Waals surface area contributed by atoms with Gasteiger partial charge in [0.05, 0.1) is 24.3 Å². The number of hydrogen-bond donors (Lipinski definition) is 1. The summed E-state index contributed by atoms with van der Waals surface area (Å²) in [6.07, 6.45) is 1.60. The Morgan fingerprint density at radius 1 is 1.30 bits per heavy atom. The highest BCUT2D eigenvalue weighted by Gasteiger charge is 2.08. The van der Waals surface area contributed by atoms with Gasteiger partial charge in [0.1, 0.15) is 5.76 Å². The number of carbonyl (C=O) groups excluding carboxylic acids is 1. The standard InChI is InChI=1S/C17H16N2O2S2/c1-12-4-6-13(7-5-12)15-10-22-17(19-15)23-11-16(20)18-9-14-3-2-8-21-14/h2-8,10H,9,11H2,1H3,(H,18,20). The average molecular weight is 344 g/mol. The van der Waals surface area contributed by atoms with Crippen LogP contribution in [0.25, 0.3) is 11.3 Å². The molecule has 1 N–H and O–H groups in total. The minimum Gasteiger partial charge on any atom is -0.467 e. The molecule has 0 aliphatic heterocycles. The number of carbonyl (C=O) groups is 1. The largest absolute Gasteiger partial charge is 0.467 e. The minimum atomic E-state index is -0.0292. The molecule has 0 fully saturated rings. The second-order valence-electron chi connectivity index (χ2n) is 5.01. The van der Waals surface area contributed by atoms with Crippen molar-refractivity contribution in [3.8, 4) is 11.3 Å². The van der Waals surface area contributed by atoms with Crippen molar-refractivity contribution in [3.05, 3.63) is 59.4 Å². The van der Waals surface area contributed by atoms with Gasteiger partial charge in [-0.1, -0.05) is 41.6 Å². The maximum atomic E-state index is 11.8. The first kappa shape index (κ1) is 15.8. The van der Waals surface area contributed by atoms with E-state index in [0.717, 1.165) is 21.4 Å². The zero-order valence-electron chi connectivity index (χ0n) is 12.6. The number of hydrogen-bond acceptors (Lipinski definition) is 5. The van der Waals surface area contributed by atoms with Crippen LogP contribution in [0.5, 0.6) is 0 Å². The molecule has 118 valence electrons. The summed E-state index contributed by atoms with van der Waals surface area (Å²) >= 11 is 3.01. The van der Waals surface area contributed by atoms with E-state index in [4.69, 9.17) is 4.42 Å².